The summed E-state index contributed by atoms with van der Waals surface area (Å²) in [5.74, 6) is 0.0229. The van der Waals surface area contributed by atoms with Gasteiger partial charge in [-0.15, -0.1) is 0 Å². The van der Waals surface area contributed by atoms with Gasteiger partial charge in [0, 0.05) is 12.6 Å². The fraction of sp³-hybridized carbons (Fsp3) is 0.455. The first-order chi connectivity index (χ1) is 9.10. The molecule has 1 fully saturated rings. The summed E-state index contributed by atoms with van der Waals surface area (Å²) in [6, 6.07) is 1.61. The Morgan fingerprint density at radius 1 is 1.63 bits per heavy atom. The number of nitrogen functional groups attached to an aromatic ring is 1. The Morgan fingerprint density at radius 3 is 3.11 bits per heavy atom. The molecular weight excluding hydrogens is 252 g/mol. The number of nitrogens with one attached hydrogen (secondary N) is 1. The molecule has 2 aromatic heterocycles. The predicted molar refractivity (Wildman–Crippen MR) is 66.4 cm³/mol. The zero-order chi connectivity index (χ0) is 13.6. The third kappa shape index (κ3) is 1.89. The van der Waals surface area contributed by atoms with Gasteiger partial charge in [-0.1, -0.05) is 0 Å². The van der Waals surface area contributed by atoms with Crippen molar-refractivity contribution in [2.24, 2.45) is 0 Å². The summed E-state index contributed by atoms with van der Waals surface area (Å²) in [6.45, 7) is -0.257. The number of nitrogens with two attached hydrogens (primary N) is 1. The summed E-state index contributed by atoms with van der Waals surface area (Å²) >= 11 is 0. The van der Waals surface area contributed by atoms with Gasteiger partial charge in [-0.25, -0.2) is 0 Å². The molecular formula is C11H14N4O4. The highest BCUT2D eigenvalue weighted by atomic mass is 16.5. The molecule has 1 aliphatic heterocycles. The largest absolute Gasteiger partial charge is 0.394 e. The van der Waals surface area contributed by atoms with Crippen LogP contribution in [0, 0.1) is 0 Å². The van der Waals surface area contributed by atoms with Crippen LogP contribution >= 0.6 is 0 Å². The number of aliphatic hydroxyl groups is 2. The van der Waals surface area contributed by atoms with E-state index in [1.807, 2.05) is 0 Å². The van der Waals surface area contributed by atoms with E-state index >= 15 is 0 Å². The van der Waals surface area contributed by atoms with E-state index in [0.29, 0.717) is 17.5 Å². The van der Waals surface area contributed by atoms with E-state index < -0.39 is 18.4 Å². The Balaban J connectivity index is 2.05. The van der Waals surface area contributed by atoms with Crippen molar-refractivity contribution in [2.75, 3.05) is 12.3 Å². The highest BCUT2D eigenvalue weighted by Gasteiger charge is 2.35. The Morgan fingerprint density at radius 2 is 2.42 bits per heavy atom. The minimum absolute atomic E-state index is 0.0229. The van der Waals surface area contributed by atoms with Crippen molar-refractivity contribution in [3.05, 3.63) is 22.6 Å². The average Bonchev–Trinajstić information content (AvgIpc) is 2.92. The molecule has 19 heavy (non-hydrogen) atoms. The second-order valence-electron chi connectivity index (χ2n) is 4.53. The normalized spacial score (nSPS) is 27.2. The van der Waals surface area contributed by atoms with Crippen molar-refractivity contribution in [3.63, 3.8) is 0 Å². The number of H-pyrrole nitrogens is 1. The molecule has 0 saturated carbocycles. The lowest BCUT2D eigenvalue weighted by atomic mass is 10.2. The molecule has 0 amide bonds. The summed E-state index contributed by atoms with van der Waals surface area (Å²) in [5.41, 5.74) is 5.60. The highest BCUT2D eigenvalue weighted by molar-refractivity contribution is 5.76. The zero-order valence-corrected chi connectivity index (χ0v) is 9.98. The lowest BCUT2D eigenvalue weighted by molar-refractivity contribution is -0.0430. The van der Waals surface area contributed by atoms with Gasteiger partial charge in [0.05, 0.1) is 18.1 Å². The van der Waals surface area contributed by atoms with Crippen LogP contribution in [0.1, 0.15) is 12.6 Å². The molecule has 0 bridgehead atoms. The number of hydrogen-bond donors (Lipinski definition) is 4. The fourth-order valence-corrected chi connectivity index (χ4v) is 2.34. The molecule has 1 saturated heterocycles. The molecule has 3 rings (SSSR count). The van der Waals surface area contributed by atoms with Gasteiger partial charge in [0.25, 0.3) is 5.56 Å². The van der Waals surface area contributed by atoms with Gasteiger partial charge in [-0.2, -0.15) is 4.98 Å². The summed E-state index contributed by atoms with van der Waals surface area (Å²) in [5, 5.41) is 19.2. The SMILES string of the molecule is Nc1nc2c(ccn2[C@H]2C[C@@H](O)[C@@H](CO)O2)c(=O)[nH]1. The van der Waals surface area contributed by atoms with Crippen molar-refractivity contribution in [2.45, 2.75) is 24.9 Å². The van der Waals surface area contributed by atoms with Crippen molar-refractivity contribution >= 4 is 17.0 Å². The molecule has 0 aromatic carbocycles. The number of ether oxygens (including phenoxy) is 1. The van der Waals surface area contributed by atoms with Gasteiger partial charge in [0.2, 0.25) is 5.95 Å². The molecule has 3 atom stereocenters. The van der Waals surface area contributed by atoms with Crippen LogP contribution in [0.4, 0.5) is 5.95 Å². The molecule has 0 spiro atoms. The number of nitrogens with zero attached hydrogens (tertiary/aromatic N) is 2. The number of aliphatic hydroxyl groups excluding tert-OH is 2. The van der Waals surface area contributed by atoms with Gasteiger partial charge in [-0.05, 0) is 6.07 Å². The van der Waals surface area contributed by atoms with Crippen molar-refractivity contribution < 1.29 is 14.9 Å². The quantitative estimate of drug-likeness (QED) is 0.549. The monoisotopic (exact) mass is 266 g/mol. The number of anilines is 1. The van der Waals surface area contributed by atoms with Gasteiger partial charge in [0.15, 0.2) is 5.65 Å². The van der Waals surface area contributed by atoms with E-state index in [1.165, 1.54) is 0 Å². The van der Waals surface area contributed by atoms with Crippen LogP contribution in [0.3, 0.4) is 0 Å². The van der Waals surface area contributed by atoms with Crippen LogP contribution in [0.2, 0.25) is 0 Å². The van der Waals surface area contributed by atoms with E-state index in [4.69, 9.17) is 15.6 Å². The first-order valence-corrected chi connectivity index (χ1v) is 5.91. The van der Waals surface area contributed by atoms with Crippen LogP contribution in [0.15, 0.2) is 17.1 Å². The topological polar surface area (TPSA) is 126 Å². The second kappa shape index (κ2) is 4.34. The number of hydrogen-bond acceptors (Lipinski definition) is 6. The Kier molecular flexibility index (Phi) is 2.77. The number of aromatic nitrogens is 3. The van der Waals surface area contributed by atoms with E-state index in [2.05, 4.69) is 9.97 Å². The summed E-state index contributed by atoms with van der Waals surface area (Å²) in [4.78, 5) is 18.2. The van der Waals surface area contributed by atoms with Crippen LogP contribution in [-0.2, 0) is 4.74 Å². The molecule has 8 nitrogen and oxygen atoms in total. The maximum Gasteiger partial charge on any atom is 0.261 e. The second-order valence-corrected chi connectivity index (χ2v) is 4.53. The third-order valence-electron chi connectivity index (χ3n) is 3.29. The lowest BCUT2D eigenvalue weighted by Gasteiger charge is -2.14. The van der Waals surface area contributed by atoms with Crippen LogP contribution < -0.4 is 11.3 Å². The molecule has 3 heterocycles. The standard InChI is InChI=1S/C11H14N4O4/c12-11-13-9-5(10(18)14-11)1-2-15(9)8-3-6(17)7(4-16)19-8/h1-2,6-8,16-17H,3-4H2,(H3,12,13,14,18)/t6-,7-,8-/m1/s1. The Hall–Kier alpha value is -1.90. The first-order valence-electron chi connectivity index (χ1n) is 5.91. The van der Waals surface area contributed by atoms with Crippen molar-refractivity contribution in [1.29, 1.82) is 0 Å². The molecule has 0 aliphatic carbocycles. The Bertz CT molecular complexity index is 664. The van der Waals surface area contributed by atoms with Crippen LogP contribution in [0.25, 0.3) is 11.0 Å². The van der Waals surface area contributed by atoms with E-state index in [0.717, 1.165) is 0 Å². The minimum Gasteiger partial charge on any atom is -0.394 e. The van der Waals surface area contributed by atoms with Gasteiger partial charge in [0.1, 0.15) is 12.3 Å². The van der Waals surface area contributed by atoms with E-state index in [-0.39, 0.29) is 18.1 Å². The first kappa shape index (κ1) is 12.2. The molecule has 102 valence electrons. The van der Waals surface area contributed by atoms with Crippen LogP contribution in [0.5, 0.6) is 0 Å². The lowest BCUT2D eigenvalue weighted by Crippen LogP contribution is -2.24. The fourth-order valence-electron chi connectivity index (χ4n) is 2.34. The average molecular weight is 266 g/mol. The molecule has 5 N–H and O–H groups in total. The molecule has 0 radical (unpaired) electrons. The predicted octanol–water partition coefficient (Wildman–Crippen LogP) is -1.05. The maximum absolute atomic E-state index is 11.7. The third-order valence-corrected chi connectivity index (χ3v) is 3.29. The smallest absolute Gasteiger partial charge is 0.261 e. The molecule has 1 aliphatic rings. The molecule has 2 aromatic rings. The summed E-state index contributed by atoms with van der Waals surface area (Å²) < 4.78 is 7.16. The Labute approximate surface area is 107 Å². The maximum atomic E-state index is 11.7. The highest BCUT2D eigenvalue weighted by Crippen LogP contribution is 2.30. The summed E-state index contributed by atoms with van der Waals surface area (Å²) in [6.07, 6.45) is 0.138. The van der Waals surface area contributed by atoms with Crippen molar-refractivity contribution in [1.82, 2.24) is 14.5 Å². The van der Waals surface area contributed by atoms with Gasteiger partial charge >= 0.3 is 0 Å². The molecule has 0 unspecified atom stereocenters. The van der Waals surface area contributed by atoms with E-state index in [9.17, 15) is 9.90 Å². The number of rotatable bonds is 2. The molecule has 8 heteroatoms. The number of fused-ring (bicyclic) bond motifs is 1. The van der Waals surface area contributed by atoms with Gasteiger partial charge in [-0.3, -0.25) is 9.78 Å². The van der Waals surface area contributed by atoms with E-state index in [1.54, 1.807) is 16.8 Å². The minimum atomic E-state index is -0.744. The van der Waals surface area contributed by atoms with Crippen molar-refractivity contribution in [3.8, 4) is 0 Å². The summed E-state index contributed by atoms with van der Waals surface area (Å²) in [7, 11) is 0. The van der Waals surface area contributed by atoms with Gasteiger partial charge < -0.3 is 25.3 Å². The van der Waals surface area contributed by atoms with Crippen LogP contribution in [-0.4, -0.2) is 43.6 Å². The number of aromatic amines is 1. The zero-order valence-electron chi connectivity index (χ0n) is 9.98.